The van der Waals surface area contributed by atoms with Gasteiger partial charge >= 0.3 is 5.97 Å². The van der Waals surface area contributed by atoms with Crippen molar-refractivity contribution in [3.63, 3.8) is 0 Å². The number of quaternary nitrogens is 1. The minimum absolute atomic E-state index is 0.0688. The number of aliphatic hydroxyl groups is 1. The summed E-state index contributed by atoms with van der Waals surface area (Å²) in [6.45, 7) is 2.20. The lowest BCUT2D eigenvalue weighted by Crippen LogP contribution is -2.62. The highest BCUT2D eigenvalue weighted by Crippen LogP contribution is 2.30. The summed E-state index contributed by atoms with van der Waals surface area (Å²) in [4.78, 5) is 11.9. The number of carboxylic acid groups (broad SMARTS) is 1. The van der Waals surface area contributed by atoms with Crippen LogP contribution in [0.3, 0.4) is 0 Å². The van der Waals surface area contributed by atoms with Crippen LogP contribution < -0.4 is 0 Å². The second-order valence-electron chi connectivity index (χ2n) is 9.88. The van der Waals surface area contributed by atoms with Gasteiger partial charge in [0.05, 0.1) is 21.1 Å². The largest absolute Gasteiger partial charge is 0.477 e. The van der Waals surface area contributed by atoms with Crippen molar-refractivity contribution in [2.75, 3.05) is 27.7 Å². The van der Waals surface area contributed by atoms with Crippen LogP contribution in [0.2, 0.25) is 0 Å². The molecular formula is C25H52NO3+. The van der Waals surface area contributed by atoms with Crippen LogP contribution in [0.5, 0.6) is 0 Å². The minimum atomic E-state index is -0.870. The topological polar surface area (TPSA) is 57.5 Å². The van der Waals surface area contributed by atoms with E-state index in [4.69, 9.17) is 0 Å². The second kappa shape index (κ2) is 17.1. The summed E-state index contributed by atoms with van der Waals surface area (Å²) in [6, 6.07) is 0. The standard InChI is InChI=1S/C25H51NO3/c1-5-6-7-8-9-10-11-12-13-14-15-16-17-18-19-20-21-25(22-23-27,24(28)29)26(2,3)4/h27H,5-23H2,1-4H3/p+1. The lowest BCUT2D eigenvalue weighted by molar-refractivity contribution is -0.915. The number of hydrogen-bond acceptors (Lipinski definition) is 2. The second-order valence-corrected chi connectivity index (χ2v) is 9.88. The fourth-order valence-corrected chi connectivity index (χ4v) is 4.45. The van der Waals surface area contributed by atoms with Crippen LogP contribution in [0.4, 0.5) is 0 Å². The van der Waals surface area contributed by atoms with E-state index in [1.165, 1.54) is 89.9 Å². The Morgan fingerprint density at radius 1 is 0.655 bits per heavy atom. The van der Waals surface area contributed by atoms with Gasteiger partial charge in [-0.2, -0.15) is 0 Å². The molecule has 0 heterocycles. The lowest BCUT2D eigenvalue weighted by Gasteiger charge is -2.43. The average Bonchev–Trinajstić information content (AvgIpc) is 2.65. The number of carboxylic acids is 1. The van der Waals surface area contributed by atoms with Crippen LogP contribution in [0.15, 0.2) is 0 Å². The number of nitrogens with zero attached hydrogens (tertiary/aromatic N) is 1. The van der Waals surface area contributed by atoms with Crippen LogP contribution in [0.1, 0.15) is 122 Å². The molecule has 0 aliphatic rings. The molecule has 2 N–H and O–H groups in total. The summed E-state index contributed by atoms with van der Waals surface area (Å²) >= 11 is 0. The van der Waals surface area contributed by atoms with Gasteiger partial charge in [0.15, 0.2) is 5.54 Å². The summed E-state index contributed by atoms with van der Waals surface area (Å²) in [5.74, 6) is -0.778. The van der Waals surface area contributed by atoms with Crippen LogP contribution in [0.25, 0.3) is 0 Å². The molecule has 0 spiro atoms. The van der Waals surface area contributed by atoms with E-state index in [1.807, 2.05) is 21.1 Å². The Morgan fingerprint density at radius 3 is 1.28 bits per heavy atom. The van der Waals surface area contributed by atoms with E-state index in [0.29, 0.717) is 17.3 Å². The van der Waals surface area contributed by atoms with Crippen molar-refractivity contribution >= 4 is 5.97 Å². The Hall–Kier alpha value is -0.610. The molecule has 0 saturated heterocycles. The van der Waals surface area contributed by atoms with E-state index < -0.39 is 11.5 Å². The third-order valence-electron chi connectivity index (χ3n) is 6.65. The molecule has 0 amide bonds. The zero-order valence-corrected chi connectivity index (χ0v) is 20.2. The maximum Gasteiger partial charge on any atom is 0.365 e. The summed E-state index contributed by atoms with van der Waals surface area (Å²) < 4.78 is 0.363. The molecule has 0 radical (unpaired) electrons. The van der Waals surface area contributed by atoms with Crippen molar-refractivity contribution in [1.29, 1.82) is 0 Å². The third kappa shape index (κ3) is 12.6. The summed E-state index contributed by atoms with van der Waals surface area (Å²) in [5.41, 5.74) is -0.870. The zero-order valence-electron chi connectivity index (χ0n) is 20.2. The molecule has 4 nitrogen and oxygen atoms in total. The number of rotatable bonds is 21. The normalized spacial score (nSPS) is 14.1. The van der Waals surface area contributed by atoms with Gasteiger partial charge < -0.3 is 14.7 Å². The van der Waals surface area contributed by atoms with Gasteiger partial charge in [-0.1, -0.05) is 103 Å². The lowest BCUT2D eigenvalue weighted by atomic mass is 9.85. The molecular weight excluding hydrogens is 362 g/mol. The summed E-state index contributed by atoms with van der Waals surface area (Å²) in [7, 11) is 5.78. The highest BCUT2D eigenvalue weighted by Gasteiger charge is 2.49. The van der Waals surface area contributed by atoms with Crippen molar-refractivity contribution in [2.45, 2.75) is 128 Å². The first kappa shape index (κ1) is 28.4. The molecule has 1 atom stereocenters. The van der Waals surface area contributed by atoms with Crippen molar-refractivity contribution in [1.82, 2.24) is 0 Å². The van der Waals surface area contributed by atoms with Gasteiger partial charge in [-0.3, -0.25) is 0 Å². The van der Waals surface area contributed by atoms with Crippen LogP contribution in [-0.2, 0) is 4.79 Å². The molecule has 4 heteroatoms. The van der Waals surface area contributed by atoms with E-state index in [1.54, 1.807) is 0 Å². The molecule has 0 rings (SSSR count). The first-order valence-electron chi connectivity index (χ1n) is 12.5. The predicted molar refractivity (Wildman–Crippen MR) is 124 cm³/mol. The van der Waals surface area contributed by atoms with Crippen molar-refractivity contribution in [2.24, 2.45) is 0 Å². The Balaban J connectivity index is 3.66. The SMILES string of the molecule is CCCCCCCCCCCCCCCCCCC(CCO)(C(=O)O)[N+](C)(C)C. The van der Waals surface area contributed by atoms with Crippen LogP contribution in [-0.4, -0.2) is 54.0 Å². The molecule has 29 heavy (non-hydrogen) atoms. The Bertz CT molecular complexity index is 392. The van der Waals surface area contributed by atoms with Crippen LogP contribution in [0, 0.1) is 0 Å². The molecule has 0 aromatic rings. The number of hydrogen-bond donors (Lipinski definition) is 2. The Morgan fingerprint density at radius 2 is 1.00 bits per heavy atom. The van der Waals surface area contributed by atoms with Crippen LogP contribution >= 0.6 is 0 Å². The fraction of sp³-hybridized carbons (Fsp3) is 0.960. The van der Waals surface area contributed by atoms with Gasteiger partial charge in [0.2, 0.25) is 0 Å². The fourth-order valence-electron chi connectivity index (χ4n) is 4.45. The first-order chi connectivity index (χ1) is 13.8. The maximum atomic E-state index is 11.9. The van der Waals surface area contributed by atoms with E-state index in [0.717, 1.165) is 12.8 Å². The van der Waals surface area contributed by atoms with Gasteiger partial charge in [-0.25, -0.2) is 4.79 Å². The highest BCUT2D eigenvalue weighted by atomic mass is 16.4. The van der Waals surface area contributed by atoms with E-state index in [-0.39, 0.29) is 6.61 Å². The van der Waals surface area contributed by atoms with E-state index >= 15 is 0 Å². The molecule has 174 valence electrons. The Kier molecular flexibility index (Phi) is 16.7. The predicted octanol–water partition coefficient (Wildman–Crippen LogP) is 6.55. The van der Waals surface area contributed by atoms with Crippen molar-refractivity contribution in [3.8, 4) is 0 Å². The molecule has 0 aliphatic carbocycles. The first-order valence-corrected chi connectivity index (χ1v) is 12.5. The summed E-state index contributed by atoms with van der Waals surface area (Å²) in [5, 5.41) is 19.2. The van der Waals surface area contributed by atoms with Crippen molar-refractivity contribution in [3.05, 3.63) is 0 Å². The number of aliphatic carboxylic acids is 1. The summed E-state index contributed by atoms with van der Waals surface area (Å²) in [6.07, 6.45) is 22.1. The van der Waals surface area contributed by atoms with Gasteiger partial charge in [0.25, 0.3) is 0 Å². The Labute approximate surface area is 181 Å². The zero-order chi connectivity index (χ0) is 22.0. The highest BCUT2D eigenvalue weighted by molar-refractivity contribution is 5.77. The monoisotopic (exact) mass is 414 g/mol. The molecule has 0 aromatic carbocycles. The molecule has 1 unspecified atom stereocenters. The van der Waals surface area contributed by atoms with Gasteiger partial charge in [-0.15, -0.1) is 0 Å². The maximum absolute atomic E-state index is 11.9. The molecule has 0 fully saturated rings. The van der Waals surface area contributed by atoms with Crippen molar-refractivity contribution < 1.29 is 19.5 Å². The smallest absolute Gasteiger partial charge is 0.365 e. The average molecular weight is 415 g/mol. The van der Waals surface area contributed by atoms with E-state index in [9.17, 15) is 15.0 Å². The number of likely N-dealkylation sites (N-methyl/N-ethyl adjacent to an activating group) is 1. The third-order valence-corrected chi connectivity index (χ3v) is 6.65. The molecule has 0 bridgehead atoms. The minimum Gasteiger partial charge on any atom is -0.477 e. The molecule has 0 saturated carbocycles. The number of unbranched alkanes of at least 4 members (excludes halogenated alkanes) is 15. The van der Waals surface area contributed by atoms with E-state index in [2.05, 4.69) is 6.92 Å². The molecule has 0 aliphatic heterocycles. The number of aliphatic hydroxyl groups excluding tert-OH is 1. The van der Waals surface area contributed by atoms with Gasteiger partial charge in [-0.05, 0) is 6.42 Å². The number of carbonyl (C=O) groups is 1. The van der Waals surface area contributed by atoms with Gasteiger partial charge in [0.1, 0.15) is 0 Å². The van der Waals surface area contributed by atoms with Gasteiger partial charge in [0, 0.05) is 19.4 Å². The molecule has 0 aromatic heterocycles. The quantitative estimate of drug-likeness (QED) is 0.165.